The van der Waals surface area contributed by atoms with Crippen molar-refractivity contribution >= 4 is 5.91 Å². The van der Waals surface area contributed by atoms with Gasteiger partial charge in [-0.2, -0.15) is 8.78 Å². The summed E-state index contributed by atoms with van der Waals surface area (Å²) < 4.78 is 23.3. The summed E-state index contributed by atoms with van der Waals surface area (Å²) in [7, 11) is 0. The Morgan fingerprint density at radius 2 is 2.09 bits per heavy atom. The van der Waals surface area contributed by atoms with Crippen LogP contribution < -0.4 is 5.32 Å². The van der Waals surface area contributed by atoms with Crippen molar-refractivity contribution in [2.24, 2.45) is 5.92 Å². The Morgan fingerprint density at radius 1 is 1.55 bits per heavy atom. The summed E-state index contributed by atoms with van der Waals surface area (Å²) >= 11 is 0. The van der Waals surface area contributed by atoms with Crippen molar-refractivity contribution in [2.75, 3.05) is 0 Å². The summed E-state index contributed by atoms with van der Waals surface area (Å²) in [6.07, 6.45) is -0.786. The standard InChI is InChI=1S/C7H11F2NO/c1-4(5-2-3-5)10-7(11)6(8)9/h4-6H,2-3H2,1H3,(H,10,11). The lowest BCUT2D eigenvalue weighted by atomic mass is 10.2. The maximum absolute atomic E-state index is 11.7. The lowest BCUT2D eigenvalue weighted by molar-refractivity contribution is -0.132. The van der Waals surface area contributed by atoms with Crippen LogP contribution in [0, 0.1) is 5.92 Å². The molecule has 1 unspecified atom stereocenters. The monoisotopic (exact) mass is 163 g/mol. The highest BCUT2D eigenvalue weighted by atomic mass is 19.3. The second-order valence-corrected chi connectivity index (χ2v) is 2.94. The first kappa shape index (κ1) is 8.43. The number of nitrogens with one attached hydrogen (secondary N) is 1. The van der Waals surface area contributed by atoms with Crippen molar-refractivity contribution in [3.8, 4) is 0 Å². The Bertz CT molecular complexity index is 157. The number of halogens is 2. The first-order valence-corrected chi connectivity index (χ1v) is 3.70. The van der Waals surface area contributed by atoms with Gasteiger partial charge in [0, 0.05) is 6.04 Å². The van der Waals surface area contributed by atoms with Gasteiger partial charge in [0.15, 0.2) is 0 Å². The zero-order chi connectivity index (χ0) is 8.43. The molecular weight excluding hydrogens is 152 g/mol. The number of amides is 1. The quantitative estimate of drug-likeness (QED) is 0.664. The zero-order valence-electron chi connectivity index (χ0n) is 6.31. The zero-order valence-corrected chi connectivity index (χ0v) is 6.31. The number of hydrogen-bond donors (Lipinski definition) is 1. The van der Waals surface area contributed by atoms with E-state index in [4.69, 9.17) is 0 Å². The normalized spacial score (nSPS) is 20.0. The number of alkyl halides is 2. The topological polar surface area (TPSA) is 29.1 Å². The van der Waals surface area contributed by atoms with Crippen LogP contribution in [0.15, 0.2) is 0 Å². The van der Waals surface area contributed by atoms with Crippen LogP contribution >= 0.6 is 0 Å². The van der Waals surface area contributed by atoms with Crippen LogP contribution in [0.2, 0.25) is 0 Å². The van der Waals surface area contributed by atoms with Crippen molar-refractivity contribution in [2.45, 2.75) is 32.2 Å². The molecule has 0 saturated heterocycles. The minimum atomic E-state index is -2.88. The lowest BCUT2D eigenvalue weighted by Crippen LogP contribution is -2.37. The summed E-state index contributed by atoms with van der Waals surface area (Å²) in [5.74, 6) is -0.720. The van der Waals surface area contributed by atoms with Crippen LogP contribution in [-0.4, -0.2) is 18.4 Å². The van der Waals surface area contributed by atoms with Gasteiger partial charge in [0.05, 0.1) is 0 Å². The molecule has 1 aliphatic carbocycles. The number of hydrogen-bond acceptors (Lipinski definition) is 1. The summed E-state index contributed by atoms with van der Waals surface area (Å²) in [5, 5.41) is 2.25. The largest absolute Gasteiger partial charge is 0.348 e. The van der Waals surface area contributed by atoms with Crippen molar-refractivity contribution in [3.63, 3.8) is 0 Å². The molecule has 2 nitrogen and oxygen atoms in total. The third-order valence-corrected chi connectivity index (χ3v) is 1.90. The predicted molar refractivity (Wildman–Crippen MR) is 36.3 cm³/mol. The SMILES string of the molecule is CC(NC(=O)C(F)F)C1CC1. The average Bonchev–Trinajstić information content (AvgIpc) is 2.67. The maximum atomic E-state index is 11.7. The number of carbonyl (C=O) groups is 1. The van der Waals surface area contributed by atoms with E-state index in [2.05, 4.69) is 5.32 Å². The Labute approximate surface area is 64.0 Å². The first-order chi connectivity index (χ1) is 5.11. The Morgan fingerprint density at radius 3 is 2.45 bits per heavy atom. The molecule has 0 radical (unpaired) electrons. The van der Waals surface area contributed by atoms with Gasteiger partial charge in [-0.1, -0.05) is 0 Å². The highest BCUT2D eigenvalue weighted by molar-refractivity contribution is 5.79. The van der Waals surface area contributed by atoms with Gasteiger partial charge in [-0.25, -0.2) is 0 Å². The van der Waals surface area contributed by atoms with Crippen molar-refractivity contribution in [3.05, 3.63) is 0 Å². The Balaban J connectivity index is 2.23. The Hall–Kier alpha value is -0.670. The van der Waals surface area contributed by atoms with E-state index in [1.165, 1.54) is 0 Å². The van der Waals surface area contributed by atoms with Crippen LogP contribution in [0.25, 0.3) is 0 Å². The van der Waals surface area contributed by atoms with Gasteiger partial charge in [-0.05, 0) is 25.7 Å². The van der Waals surface area contributed by atoms with Gasteiger partial charge in [-0.3, -0.25) is 4.79 Å². The molecule has 1 rings (SSSR count). The molecule has 0 aromatic rings. The van der Waals surface area contributed by atoms with Crippen LogP contribution in [0.5, 0.6) is 0 Å². The van der Waals surface area contributed by atoms with E-state index in [0.717, 1.165) is 12.8 Å². The lowest BCUT2D eigenvalue weighted by Gasteiger charge is -2.11. The molecule has 1 N–H and O–H groups in total. The average molecular weight is 163 g/mol. The fourth-order valence-electron chi connectivity index (χ4n) is 1.00. The van der Waals surface area contributed by atoms with Crippen LogP contribution in [-0.2, 0) is 4.79 Å². The molecule has 0 aliphatic heterocycles. The summed E-state index contributed by atoms with van der Waals surface area (Å²) in [5.41, 5.74) is 0. The third kappa shape index (κ3) is 2.44. The van der Waals surface area contributed by atoms with E-state index in [9.17, 15) is 13.6 Å². The van der Waals surface area contributed by atoms with Gasteiger partial charge in [0.1, 0.15) is 0 Å². The molecule has 0 heterocycles. The molecule has 64 valence electrons. The van der Waals surface area contributed by atoms with E-state index in [1.54, 1.807) is 6.92 Å². The summed E-state index contributed by atoms with van der Waals surface area (Å²) in [6, 6.07) is -0.0866. The molecule has 1 saturated carbocycles. The highest BCUT2D eigenvalue weighted by Crippen LogP contribution is 2.32. The molecule has 1 amide bonds. The minimum Gasteiger partial charge on any atom is -0.348 e. The molecule has 0 aromatic heterocycles. The van der Waals surface area contributed by atoms with E-state index in [0.29, 0.717) is 5.92 Å². The molecule has 1 fully saturated rings. The molecule has 1 atom stereocenters. The first-order valence-electron chi connectivity index (χ1n) is 3.70. The van der Waals surface area contributed by atoms with Gasteiger partial charge in [-0.15, -0.1) is 0 Å². The highest BCUT2D eigenvalue weighted by Gasteiger charge is 2.30. The smallest absolute Gasteiger partial charge is 0.315 e. The number of carbonyl (C=O) groups excluding carboxylic acids is 1. The van der Waals surface area contributed by atoms with E-state index >= 15 is 0 Å². The van der Waals surface area contributed by atoms with E-state index in [1.807, 2.05) is 0 Å². The molecule has 11 heavy (non-hydrogen) atoms. The molecule has 0 spiro atoms. The molecular formula is C7H11F2NO. The summed E-state index contributed by atoms with van der Waals surface area (Å²) in [6.45, 7) is 1.76. The van der Waals surface area contributed by atoms with Crippen molar-refractivity contribution < 1.29 is 13.6 Å². The van der Waals surface area contributed by atoms with Crippen molar-refractivity contribution in [1.29, 1.82) is 0 Å². The fraction of sp³-hybridized carbons (Fsp3) is 0.857. The maximum Gasteiger partial charge on any atom is 0.315 e. The molecule has 4 heteroatoms. The molecule has 0 bridgehead atoms. The van der Waals surface area contributed by atoms with Gasteiger partial charge < -0.3 is 5.32 Å². The summed E-state index contributed by atoms with van der Waals surface area (Å²) in [4.78, 5) is 10.4. The third-order valence-electron chi connectivity index (χ3n) is 1.90. The number of rotatable bonds is 3. The fourth-order valence-corrected chi connectivity index (χ4v) is 1.00. The van der Waals surface area contributed by atoms with E-state index < -0.39 is 12.3 Å². The second kappa shape index (κ2) is 3.15. The minimum absolute atomic E-state index is 0.0866. The van der Waals surface area contributed by atoms with Crippen molar-refractivity contribution in [1.82, 2.24) is 5.32 Å². The van der Waals surface area contributed by atoms with Crippen LogP contribution in [0.3, 0.4) is 0 Å². The predicted octanol–water partition coefficient (Wildman–Crippen LogP) is 1.17. The van der Waals surface area contributed by atoms with Gasteiger partial charge >= 0.3 is 6.43 Å². The van der Waals surface area contributed by atoms with Gasteiger partial charge in [0.25, 0.3) is 5.91 Å². The Kier molecular flexibility index (Phi) is 2.42. The van der Waals surface area contributed by atoms with Gasteiger partial charge in [0.2, 0.25) is 0 Å². The molecule has 1 aliphatic rings. The second-order valence-electron chi connectivity index (χ2n) is 2.94. The molecule has 0 aromatic carbocycles. The van der Waals surface area contributed by atoms with Crippen LogP contribution in [0.1, 0.15) is 19.8 Å². The van der Waals surface area contributed by atoms with E-state index in [-0.39, 0.29) is 6.04 Å². The van der Waals surface area contributed by atoms with Crippen LogP contribution in [0.4, 0.5) is 8.78 Å².